The van der Waals surface area contributed by atoms with E-state index in [9.17, 15) is 14.9 Å². The summed E-state index contributed by atoms with van der Waals surface area (Å²) in [5, 5.41) is 11.8. The van der Waals surface area contributed by atoms with E-state index in [-0.39, 0.29) is 11.1 Å². The second-order valence-electron chi connectivity index (χ2n) is 6.68. The summed E-state index contributed by atoms with van der Waals surface area (Å²) in [5.74, 6) is 0. The molecular formula is C24H18N2O3. The molecule has 142 valence electrons. The molecule has 0 aliphatic carbocycles. The highest BCUT2D eigenvalue weighted by atomic mass is 16.6. The molecule has 0 unspecified atom stereocenters. The van der Waals surface area contributed by atoms with Crippen LogP contribution in [0.2, 0.25) is 0 Å². The Kier molecular flexibility index (Phi) is 4.79. The molecule has 0 amide bonds. The fraction of sp³-hybridized carbons (Fsp3) is 0.0417. The number of nitro benzene ring substituents is 1. The third-order valence-electron chi connectivity index (χ3n) is 4.89. The van der Waals surface area contributed by atoms with Gasteiger partial charge in [-0.3, -0.25) is 14.9 Å². The largest absolute Gasteiger partial charge is 0.303 e. The van der Waals surface area contributed by atoms with E-state index >= 15 is 0 Å². The van der Waals surface area contributed by atoms with Crippen molar-refractivity contribution in [3.63, 3.8) is 0 Å². The van der Waals surface area contributed by atoms with Gasteiger partial charge in [-0.1, -0.05) is 72.8 Å². The van der Waals surface area contributed by atoms with E-state index in [1.165, 1.54) is 6.07 Å². The number of nitrogens with zero attached hydrogens (tertiary/aromatic N) is 2. The van der Waals surface area contributed by atoms with E-state index < -0.39 is 4.92 Å². The first-order valence-corrected chi connectivity index (χ1v) is 9.19. The average molecular weight is 382 g/mol. The van der Waals surface area contributed by atoms with Crippen molar-refractivity contribution in [3.05, 3.63) is 117 Å². The summed E-state index contributed by atoms with van der Waals surface area (Å²) in [4.78, 5) is 24.2. The highest BCUT2D eigenvalue weighted by Gasteiger charge is 2.22. The van der Waals surface area contributed by atoms with Crippen molar-refractivity contribution >= 4 is 5.69 Å². The van der Waals surface area contributed by atoms with Crippen molar-refractivity contribution < 1.29 is 4.92 Å². The topological polar surface area (TPSA) is 65.1 Å². The van der Waals surface area contributed by atoms with Gasteiger partial charge in [0.25, 0.3) is 5.69 Å². The van der Waals surface area contributed by atoms with Crippen molar-refractivity contribution in [1.82, 2.24) is 4.57 Å². The van der Waals surface area contributed by atoms with Gasteiger partial charge in [0.15, 0.2) is 5.43 Å². The van der Waals surface area contributed by atoms with Gasteiger partial charge in [-0.15, -0.1) is 0 Å². The highest BCUT2D eigenvalue weighted by molar-refractivity contribution is 5.75. The lowest BCUT2D eigenvalue weighted by molar-refractivity contribution is -0.384. The Bertz CT molecular complexity index is 1250. The van der Waals surface area contributed by atoms with Gasteiger partial charge in [0, 0.05) is 17.7 Å². The quantitative estimate of drug-likeness (QED) is 0.351. The number of rotatable bonds is 4. The zero-order chi connectivity index (χ0) is 20.4. The van der Waals surface area contributed by atoms with Crippen LogP contribution in [0, 0.1) is 17.0 Å². The number of nitro groups is 1. The maximum Gasteiger partial charge on any atom is 0.293 e. The lowest BCUT2D eigenvalue weighted by atomic mass is 10.0. The van der Waals surface area contributed by atoms with Gasteiger partial charge in [-0.2, -0.15) is 0 Å². The van der Waals surface area contributed by atoms with E-state index in [1.807, 2.05) is 65.2 Å². The molecule has 5 nitrogen and oxygen atoms in total. The van der Waals surface area contributed by atoms with E-state index in [4.69, 9.17) is 0 Å². The zero-order valence-corrected chi connectivity index (χ0v) is 15.8. The molecule has 0 fully saturated rings. The van der Waals surface area contributed by atoms with Crippen molar-refractivity contribution in [2.75, 3.05) is 0 Å². The maximum atomic E-state index is 12.9. The molecule has 0 atom stereocenters. The summed E-state index contributed by atoms with van der Waals surface area (Å²) >= 11 is 0. The summed E-state index contributed by atoms with van der Waals surface area (Å²) in [6, 6.07) is 27.1. The van der Waals surface area contributed by atoms with Crippen LogP contribution in [0.5, 0.6) is 0 Å². The zero-order valence-electron chi connectivity index (χ0n) is 15.8. The Hall–Kier alpha value is -3.99. The first-order valence-electron chi connectivity index (χ1n) is 9.19. The number of hydrogen-bond donors (Lipinski definition) is 0. The van der Waals surface area contributed by atoms with Crippen LogP contribution >= 0.6 is 0 Å². The van der Waals surface area contributed by atoms with Crippen molar-refractivity contribution in [3.8, 4) is 28.2 Å². The fourth-order valence-corrected chi connectivity index (χ4v) is 3.52. The Labute approximate surface area is 167 Å². The second kappa shape index (κ2) is 7.56. The van der Waals surface area contributed by atoms with Gasteiger partial charge in [0.2, 0.25) is 0 Å². The van der Waals surface area contributed by atoms with E-state index in [2.05, 4.69) is 0 Å². The van der Waals surface area contributed by atoms with Crippen LogP contribution in [-0.2, 0) is 0 Å². The Morgan fingerprint density at radius 2 is 1.34 bits per heavy atom. The number of aromatic nitrogens is 1. The van der Waals surface area contributed by atoms with E-state index in [0.29, 0.717) is 22.6 Å². The number of hydrogen-bond acceptors (Lipinski definition) is 3. The van der Waals surface area contributed by atoms with Crippen molar-refractivity contribution in [2.45, 2.75) is 6.92 Å². The SMILES string of the molecule is Cc1c(-c2ccccc2)n(-c2ccccc2[N+](=O)[O-])c(-c2ccccc2)cc1=O. The predicted molar refractivity (Wildman–Crippen MR) is 114 cm³/mol. The van der Waals surface area contributed by atoms with Gasteiger partial charge < -0.3 is 4.57 Å². The maximum absolute atomic E-state index is 12.9. The molecule has 0 aliphatic heterocycles. The molecule has 4 aromatic rings. The lowest BCUT2D eigenvalue weighted by Gasteiger charge is -2.21. The Balaban J connectivity index is 2.19. The highest BCUT2D eigenvalue weighted by Crippen LogP contribution is 2.34. The third kappa shape index (κ3) is 3.34. The molecule has 1 heterocycles. The molecule has 0 aliphatic rings. The molecule has 0 saturated heterocycles. The average Bonchev–Trinajstić information content (AvgIpc) is 2.76. The van der Waals surface area contributed by atoms with Crippen LogP contribution in [0.15, 0.2) is 95.8 Å². The summed E-state index contributed by atoms with van der Waals surface area (Å²) in [6.45, 7) is 1.75. The molecule has 0 spiro atoms. The van der Waals surface area contributed by atoms with Crippen LogP contribution in [0.4, 0.5) is 5.69 Å². The molecule has 3 aromatic carbocycles. The predicted octanol–water partition coefficient (Wildman–Crippen LogP) is 5.39. The molecule has 4 rings (SSSR count). The first-order chi connectivity index (χ1) is 14.1. The number of para-hydroxylation sites is 2. The normalized spacial score (nSPS) is 10.7. The molecule has 0 saturated carbocycles. The second-order valence-corrected chi connectivity index (χ2v) is 6.68. The molecule has 0 bridgehead atoms. The van der Waals surface area contributed by atoms with Crippen LogP contribution in [0.3, 0.4) is 0 Å². The summed E-state index contributed by atoms with van der Waals surface area (Å²) in [6.07, 6.45) is 0. The monoisotopic (exact) mass is 382 g/mol. The minimum atomic E-state index is -0.397. The van der Waals surface area contributed by atoms with Gasteiger partial charge in [0.1, 0.15) is 5.69 Å². The molecule has 5 heteroatoms. The Morgan fingerprint density at radius 3 is 1.97 bits per heavy atom. The smallest absolute Gasteiger partial charge is 0.293 e. The van der Waals surface area contributed by atoms with Crippen molar-refractivity contribution in [1.29, 1.82) is 0 Å². The minimum absolute atomic E-state index is 0.0232. The van der Waals surface area contributed by atoms with Crippen molar-refractivity contribution in [2.24, 2.45) is 0 Å². The molecule has 29 heavy (non-hydrogen) atoms. The lowest BCUT2D eigenvalue weighted by Crippen LogP contribution is -2.16. The Morgan fingerprint density at radius 1 is 0.793 bits per heavy atom. The summed E-state index contributed by atoms with van der Waals surface area (Å²) < 4.78 is 1.82. The van der Waals surface area contributed by atoms with Gasteiger partial charge in [0.05, 0.1) is 16.3 Å². The summed E-state index contributed by atoms with van der Waals surface area (Å²) in [7, 11) is 0. The number of benzene rings is 3. The van der Waals surface area contributed by atoms with Crippen LogP contribution < -0.4 is 5.43 Å². The standard InChI is InChI=1S/C24H18N2O3/c1-17-23(27)16-22(18-10-4-2-5-11-18)25(24(17)19-12-6-3-7-13-19)20-14-8-9-15-21(20)26(28)29/h2-16H,1H3. The van der Waals surface area contributed by atoms with Gasteiger partial charge >= 0.3 is 0 Å². The number of pyridine rings is 1. The van der Waals surface area contributed by atoms with Crippen LogP contribution in [0.25, 0.3) is 28.2 Å². The molecule has 0 N–H and O–H groups in total. The molecule has 0 radical (unpaired) electrons. The summed E-state index contributed by atoms with van der Waals surface area (Å²) in [5.41, 5.74) is 3.69. The first kappa shape index (κ1) is 18.4. The van der Waals surface area contributed by atoms with E-state index in [1.54, 1.807) is 31.2 Å². The van der Waals surface area contributed by atoms with E-state index in [0.717, 1.165) is 11.1 Å². The van der Waals surface area contributed by atoms with Gasteiger partial charge in [-0.25, -0.2) is 0 Å². The molecule has 1 aromatic heterocycles. The molecular weight excluding hydrogens is 364 g/mol. The van der Waals surface area contributed by atoms with Gasteiger partial charge in [-0.05, 0) is 24.1 Å². The minimum Gasteiger partial charge on any atom is -0.303 e. The van der Waals surface area contributed by atoms with Crippen LogP contribution in [0.1, 0.15) is 5.56 Å². The third-order valence-corrected chi connectivity index (χ3v) is 4.89. The van der Waals surface area contributed by atoms with Crippen LogP contribution in [-0.4, -0.2) is 9.49 Å². The fourth-order valence-electron chi connectivity index (χ4n) is 3.52.